The number of alkyl halides is 2. The summed E-state index contributed by atoms with van der Waals surface area (Å²) in [6.45, 7) is 3.55. The number of nitrogens with zero attached hydrogens (tertiary/aromatic N) is 1. The number of nitrogens with one attached hydrogen (secondary N) is 1. The molecule has 40 heavy (non-hydrogen) atoms. The molecular formula is C31H26Cl2N2O5. The normalized spacial score (nSPS) is 26.7. The summed E-state index contributed by atoms with van der Waals surface area (Å²) in [4.78, 5) is 52.5. The second-order valence-corrected chi connectivity index (χ2v) is 12.0. The summed E-state index contributed by atoms with van der Waals surface area (Å²) in [5, 5.41) is 2.80. The molecule has 1 saturated heterocycles. The van der Waals surface area contributed by atoms with Crippen molar-refractivity contribution in [1.29, 1.82) is 0 Å². The van der Waals surface area contributed by atoms with Crippen LogP contribution in [-0.4, -0.2) is 41.7 Å². The third kappa shape index (κ3) is 3.37. The van der Waals surface area contributed by atoms with Gasteiger partial charge in [0.1, 0.15) is 15.8 Å². The Morgan fingerprint density at radius 1 is 0.800 bits per heavy atom. The molecule has 0 spiro atoms. The average molecular weight is 577 g/mol. The number of imide groups is 1. The summed E-state index contributed by atoms with van der Waals surface area (Å²) in [5.41, 5.74) is 3.53. The van der Waals surface area contributed by atoms with E-state index < -0.39 is 57.2 Å². The molecule has 1 fully saturated rings. The number of hydrogen-bond acceptors (Lipinski definition) is 5. The highest BCUT2D eigenvalue weighted by Gasteiger charge is 2.73. The molecule has 3 atom stereocenters. The van der Waals surface area contributed by atoms with Gasteiger partial charge >= 0.3 is 5.97 Å². The van der Waals surface area contributed by atoms with E-state index in [1.165, 1.54) is 19.2 Å². The van der Waals surface area contributed by atoms with Gasteiger partial charge in [0.05, 0.1) is 24.5 Å². The average Bonchev–Trinajstić information content (AvgIpc) is 3.22. The molecule has 3 aromatic carbocycles. The zero-order valence-corrected chi connectivity index (χ0v) is 23.5. The van der Waals surface area contributed by atoms with E-state index in [1.807, 2.05) is 48.5 Å². The summed E-state index contributed by atoms with van der Waals surface area (Å²) in [5.74, 6) is -4.47. The lowest BCUT2D eigenvalue weighted by atomic mass is 9.54. The Bertz CT molecular complexity index is 1460. The van der Waals surface area contributed by atoms with Gasteiger partial charge in [-0.2, -0.15) is 0 Å². The molecule has 7 rings (SSSR count). The lowest BCUT2D eigenvalue weighted by molar-refractivity contribution is -0.148. The number of ether oxygens (including phenoxy) is 1. The fourth-order valence-corrected chi connectivity index (χ4v) is 7.80. The minimum absolute atomic E-state index is 0.323. The van der Waals surface area contributed by atoms with E-state index in [0.29, 0.717) is 33.5 Å². The van der Waals surface area contributed by atoms with Crippen LogP contribution < -0.4 is 5.32 Å². The predicted octanol–water partition coefficient (Wildman–Crippen LogP) is 5.03. The van der Waals surface area contributed by atoms with Gasteiger partial charge < -0.3 is 10.1 Å². The minimum Gasteiger partial charge on any atom is -0.465 e. The number of carbonyl (C=O) groups is 4. The van der Waals surface area contributed by atoms with Crippen molar-refractivity contribution in [2.24, 2.45) is 17.8 Å². The van der Waals surface area contributed by atoms with E-state index in [0.717, 1.165) is 4.90 Å². The van der Waals surface area contributed by atoms with E-state index in [2.05, 4.69) is 5.32 Å². The first-order chi connectivity index (χ1) is 19.1. The lowest BCUT2D eigenvalue weighted by Crippen LogP contribution is -2.57. The summed E-state index contributed by atoms with van der Waals surface area (Å²) < 4.78 is 4.72. The van der Waals surface area contributed by atoms with Crippen molar-refractivity contribution >= 4 is 52.6 Å². The topological polar surface area (TPSA) is 92.8 Å². The molecule has 4 aliphatic rings. The molecule has 0 radical (unpaired) electrons. The Labute approximate surface area is 241 Å². The Morgan fingerprint density at radius 2 is 1.23 bits per heavy atom. The summed E-state index contributed by atoms with van der Waals surface area (Å²) in [6, 6.07) is 19.9. The highest BCUT2D eigenvalue weighted by molar-refractivity contribution is 6.36. The number of benzene rings is 3. The molecule has 3 aromatic rings. The van der Waals surface area contributed by atoms with Gasteiger partial charge in [-0.3, -0.25) is 19.3 Å². The van der Waals surface area contributed by atoms with E-state index in [1.54, 1.807) is 26.0 Å². The summed E-state index contributed by atoms with van der Waals surface area (Å²) >= 11 is 15.0. The molecule has 3 aliphatic carbocycles. The molecule has 1 heterocycles. The van der Waals surface area contributed by atoms with Crippen molar-refractivity contribution in [3.63, 3.8) is 0 Å². The van der Waals surface area contributed by atoms with Crippen LogP contribution in [0, 0.1) is 17.8 Å². The van der Waals surface area contributed by atoms with Crippen molar-refractivity contribution in [3.8, 4) is 0 Å². The molecule has 1 N–H and O–H groups in total. The molecule has 204 valence electrons. The van der Waals surface area contributed by atoms with Gasteiger partial charge in [-0.25, -0.2) is 4.79 Å². The van der Waals surface area contributed by atoms with Gasteiger partial charge in [-0.1, -0.05) is 62.4 Å². The van der Waals surface area contributed by atoms with Crippen molar-refractivity contribution in [2.45, 2.75) is 29.6 Å². The van der Waals surface area contributed by atoms with Gasteiger partial charge in [0.25, 0.3) is 0 Å². The van der Waals surface area contributed by atoms with Crippen molar-refractivity contribution in [3.05, 3.63) is 101 Å². The van der Waals surface area contributed by atoms with Gasteiger partial charge in [0.2, 0.25) is 17.7 Å². The molecule has 0 saturated carbocycles. The number of esters is 1. The maximum atomic E-state index is 14.3. The molecule has 1 aliphatic heterocycles. The maximum absolute atomic E-state index is 14.3. The quantitative estimate of drug-likeness (QED) is 0.261. The van der Waals surface area contributed by atoms with Crippen LogP contribution in [0.3, 0.4) is 0 Å². The standard InChI is InChI=1S/C31H26Cl2N2O5/c1-16(2)25(26(36)34-18-14-12-17(13-15-18)29(39)40-3)35-27(37)23-24(28(35)38)31(33)20-9-5-4-8-19(20)30(23,32)21-10-6-7-11-22(21)31/h4-16,23-25H,1-3H3,(H,34,36)/t23-,24-,25-,30?,31?/m0/s1. The second-order valence-electron chi connectivity index (χ2n) is 10.8. The second kappa shape index (κ2) is 9.18. The smallest absolute Gasteiger partial charge is 0.337 e. The highest BCUT2D eigenvalue weighted by Crippen LogP contribution is 2.69. The van der Waals surface area contributed by atoms with Crippen LogP contribution in [0.5, 0.6) is 0 Å². The number of likely N-dealkylation sites (tertiary alicyclic amines) is 1. The molecule has 3 amide bonds. The fraction of sp³-hybridized carbons (Fsp3) is 0.290. The number of anilines is 1. The Kier molecular flexibility index (Phi) is 6.09. The molecule has 0 aromatic heterocycles. The summed E-state index contributed by atoms with van der Waals surface area (Å²) in [6.07, 6.45) is 0. The van der Waals surface area contributed by atoms with Crippen LogP contribution in [0.25, 0.3) is 0 Å². The Hall–Kier alpha value is -3.68. The van der Waals surface area contributed by atoms with Gasteiger partial charge in [0, 0.05) is 5.69 Å². The molecule has 2 bridgehead atoms. The zero-order valence-electron chi connectivity index (χ0n) is 22.0. The summed E-state index contributed by atoms with van der Waals surface area (Å²) in [7, 11) is 1.28. The Balaban J connectivity index is 1.41. The van der Waals surface area contributed by atoms with Gasteiger partial charge in [0.15, 0.2) is 0 Å². The van der Waals surface area contributed by atoms with E-state index >= 15 is 0 Å². The van der Waals surface area contributed by atoms with Crippen LogP contribution in [-0.2, 0) is 28.9 Å². The first-order valence-corrected chi connectivity index (χ1v) is 13.8. The SMILES string of the molecule is COC(=O)c1ccc(NC(=O)[C@H](C(C)C)N2C(=O)[C@@H]3[C@@H](C2=O)C2(Cl)c4ccccc4C3(Cl)c3ccccc32)cc1. The van der Waals surface area contributed by atoms with Crippen LogP contribution in [0.15, 0.2) is 72.8 Å². The number of amides is 3. The third-order valence-corrected chi connectivity index (χ3v) is 9.66. The fourth-order valence-electron chi connectivity index (χ4n) is 6.70. The van der Waals surface area contributed by atoms with E-state index in [-0.39, 0.29) is 0 Å². The monoisotopic (exact) mass is 576 g/mol. The minimum atomic E-state index is -1.32. The van der Waals surface area contributed by atoms with Crippen molar-refractivity contribution in [1.82, 2.24) is 4.90 Å². The predicted molar refractivity (Wildman–Crippen MR) is 150 cm³/mol. The zero-order chi connectivity index (χ0) is 28.6. The van der Waals surface area contributed by atoms with Crippen molar-refractivity contribution in [2.75, 3.05) is 12.4 Å². The van der Waals surface area contributed by atoms with E-state index in [9.17, 15) is 19.2 Å². The molecular weight excluding hydrogens is 551 g/mol. The highest BCUT2D eigenvalue weighted by atomic mass is 35.5. The lowest BCUT2D eigenvalue weighted by Gasteiger charge is -2.54. The van der Waals surface area contributed by atoms with Crippen LogP contribution in [0.4, 0.5) is 5.69 Å². The molecule has 0 unspecified atom stereocenters. The third-order valence-electron chi connectivity index (χ3n) is 8.37. The first kappa shape index (κ1) is 26.5. The van der Waals surface area contributed by atoms with Crippen LogP contribution >= 0.6 is 23.2 Å². The van der Waals surface area contributed by atoms with Gasteiger partial charge in [-0.05, 0) is 52.4 Å². The number of carbonyl (C=O) groups excluding carboxylic acids is 4. The van der Waals surface area contributed by atoms with Gasteiger partial charge in [-0.15, -0.1) is 23.2 Å². The largest absolute Gasteiger partial charge is 0.465 e. The molecule has 9 heteroatoms. The molecule has 7 nitrogen and oxygen atoms in total. The van der Waals surface area contributed by atoms with Crippen LogP contribution in [0.2, 0.25) is 0 Å². The maximum Gasteiger partial charge on any atom is 0.337 e. The van der Waals surface area contributed by atoms with Crippen molar-refractivity contribution < 1.29 is 23.9 Å². The number of rotatable bonds is 5. The first-order valence-electron chi connectivity index (χ1n) is 13.0. The van der Waals surface area contributed by atoms with E-state index in [4.69, 9.17) is 27.9 Å². The number of methoxy groups -OCH3 is 1. The number of hydrogen-bond donors (Lipinski definition) is 1. The van der Waals surface area contributed by atoms with Crippen LogP contribution in [0.1, 0.15) is 46.5 Å². The number of halogens is 2. The Morgan fingerprint density at radius 3 is 1.60 bits per heavy atom.